The van der Waals surface area contributed by atoms with Crippen molar-refractivity contribution in [2.75, 3.05) is 0 Å². The Balaban J connectivity index is 1.79. The molecule has 0 spiro atoms. The molecule has 2 aromatic carbocycles. The van der Waals surface area contributed by atoms with Gasteiger partial charge in [-0.15, -0.1) is 0 Å². The zero-order valence-corrected chi connectivity index (χ0v) is 13.9. The first-order valence-electron chi connectivity index (χ1n) is 7.40. The average Bonchev–Trinajstić information content (AvgIpc) is 2.56. The highest BCUT2D eigenvalue weighted by Gasteiger charge is 2.18. The lowest BCUT2D eigenvalue weighted by atomic mass is 10.1. The topological polar surface area (TPSA) is 76.1 Å². The smallest absolute Gasteiger partial charge is 0.265 e. The normalized spacial score (nSPS) is 11.4. The molecule has 0 fully saturated rings. The van der Waals surface area contributed by atoms with Crippen LogP contribution in [0.15, 0.2) is 65.7 Å². The zero-order valence-electron chi connectivity index (χ0n) is 13.1. The van der Waals surface area contributed by atoms with Crippen molar-refractivity contribution in [3.63, 3.8) is 0 Å². The molecule has 1 N–H and O–H groups in total. The first-order chi connectivity index (χ1) is 11.4. The summed E-state index contributed by atoms with van der Waals surface area (Å²) in [5.74, 6) is -0.577. The van der Waals surface area contributed by atoms with E-state index in [4.69, 9.17) is 0 Å². The van der Waals surface area contributed by atoms with Crippen LogP contribution in [0, 0.1) is 6.92 Å². The molecular formula is C18H16N2O3S. The van der Waals surface area contributed by atoms with Crippen molar-refractivity contribution in [1.82, 2.24) is 9.71 Å². The van der Waals surface area contributed by atoms with Crippen LogP contribution in [0.25, 0.3) is 10.9 Å². The second kappa shape index (κ2) is 6.41. The summed E-state index contributed by atoms with van der Waals surface area (Å²) in [5, 5.41) is 0.700. The molecule has 0 radical (unpaired) electrons. The quantitative estimate of drug-likeness (QED) is 0.792. The van der Waals surface area contributed by atoms with E-state index in [9.17, 15) is 13.2 Å². The predicted octanol–water partition coefficient (Wildman–Crippen LogP) is 2.59. The summed E-state index contributed by atoms with van der Waals surface area (Å²) in [7, 11) is -3.94. The van der Waals surface area contributed by atoms with Crippen molar-refractivity contribution in [3.8, 4) is 0 Å². The Labute approximate surface area is 140 Å². The molecule has 1 aromatic heterocycles. The van der Waals surface area contributed by atoms with Gasteiger partial charge in [0.15, 0.2) is 0 Å². The minimum absolute atomic E-state index is 0.000516. The van der Waals surface area contributed by atoms with Gasteiger partial charge in [-0.3, -0.25) is 9.78 Å². The average molecular weight is 340 g/mol. The molecule has 0 aliphatic rings. The second-order valence-electron chi connectivity index (χ2n) is 5.55. The van der Waals surface area contributed by atoms with Gasteiger partial charge in [-0.2, -0.15) is 0 Å². The van der Waals surface area contributed by atoms with E-state index in [-0.39, 0.29) is 11.3 Å². The summed E-state index contributed by atoms with van der Waals surface area (Å²) in [4.78, 5) is 16.1. The number of pyridine rings is 1. The molecule has 1 heterocycles. The van der Waals surface area contributed by atoms with E-state index in [1.807, 2.05) is 25.1 Å². The monoisotopic (exact) mass is 340 g/mol. The fourth-order valence-electron chi connectivity index (χ4n) is 2.33. The summed E-state index contributed by atoms with van der Waals surface area (Å²) in [6.45, 7) is 1.95. The van der Waals surface area contributed by atoms with E-state index in [2.05, 4.69) is 9.71 Å². The minimum Gasteiger partial charge on any atom is -0.274 e. The number of hydrogen-bond donors (Lipinski definition) is 1. The third-order valence-electron chi connectivity index (χ3n) is 3.61. The number of aryl methyl sites for hydroxylation is 1. The van der Waals surface area contributed by atoms with Gasteiger partial charge in [0.05, 0.1) is 11.9 Å². The maximum atomic E-state index is 12.4. The maximum absolute atomic E-state index is 12.4. The van der Waals surface area contributed by atoms with Crippen LogP contribution >= 0.6 is 0 Å². The molecule has 3 aromatic rings. The number of fused-ring (bicyclic) bond motifs is 1. The number of nitrogens with zero attached hydrogens (tertiary/aromatic N) is 1. The number of hydrogen-bond acceptors (Lipinski definition) is 4. The summed E-state index contributed by atoms with van der Waals surface area (Å²) in [5.41, 5.74) is 2.53. The van der Waals surface area contributed by atoms with Crippen molar-refractivity contribution < 1.29 is 13.2 Å². The van der Waals surface area contributed by atoms with E-state index >= 15 is 0 Å². The molecule has 0 unspecified atom stereocenters. The molecule has 122 valence electrons. The van der Waals surface area contributed by atoms with Crippen LogP contribution in [0.4, 0.5) is 0 Å². The van der Waals surface area contributed by atoms with Crippen molar-refractivity contribution in [3.05, 3.63) is 71.9 Å². The number of carbonyl (C=O) groups excluding carboxylic acids is 1. The van der Waals surface area contributed by atoms with Gasteiger partial charge in [0.25, 0.3) is 10.0 Å². The number of rotatable bonds is 4. The highest BCUT2D eigenvalue weighted by molar-refractivity contribution is 7.90. The number of nitrogens with one attached hydrogen (secondary N) is 1. The number of carbonyl (C=O) groups is 1. The fraction of sp³-hybridized carbons (Fsp3) is 0.111. The lowest BCUT2D eigenvalue weighted by molar-refractivity contribution is -0.118. The van der Waals surface area contributed by atoms with E-state index < -0.39 is 15.9 Å². The van der Waals surface area contributed by atoms with Crippen molar-refractivity contribution in [1.29, 1.82) is 0 Å². The molecule has 0 aliphatic carbocycles. The van der Waals surface area contributed by atoms with Crippen LogP contribution in [-0.4, -0.2) is 19.3 Å². The molecule has 0 atom stereocenters. The van der Waals surface area contributed by atoms with Crippen LogP contribution in [-0.2, 0) is 21.2 Å². The van der Waals surface area contributed by atoms with Gasteiger partial charge in [-0.05, 0) is 24.6 Å². The Hall–Kier alpha value is -2.73. The molecule has 0 bridgehead atoms. The van der Waals surface area contributed by atoms with Gasteiger partial charge >= 0.3 is 0 Å². The minimum atomic E-state index is -3.94. The number of aromatic nitrogens is 1. The third-order valence-corrected chi connectivity index (χ3v) is 4.95. The zero-order chi connectivity index (χ0) is 17.2. The lowest BCUT2D eigenvalue weighted by Gasteiger charge is -2.08. The summed E-state index contributed by atoms with van der Waals surface area (Å²) in [6, 6.07) is 16.1. The van der Waals surface area contributed by atoms with Crippen LogP contribution in [0.2, 0.25) is 0 Å². The van der Waals surface area contributed by atoms with Gasteiger partial charge in [0.1, 0.15) is 4.90 Å². The summed E-state index contributed by atoms with van der Waals surface area (Å²) < 4.78 is 26.8. The Bertz CT molecular complexity index is 996. The number of sulfonamides is 1. The second-order valence-corrected chi connectivity index (χ2v) is 7.24. The first-order valence-corrected chi connectivity index (χ1v) is 8.88. The van der Waals surface area contributed by atoms with Crippen molar-refractivity contribution in [2.45, 2.75) is 18.2 Å². The lowest BCUT2D eigenvalue weighted by Crippen LogP contribution is -2.31. The molecule has 6 heteroatoms. The van der Waals surface area contributed by atoms with Crippen LogP contribution < -0.4 is 4.72 Å². The molecule has 3 rings (SSSR count). The Morgan fingerprint density at radius 2 is 1.79 bits per heavy atom. The summed E-state index contributed by atoms with van der Waals surface area (Å²) >= 11 is 0. The Kier molecular flexibility index (Phi) is 4.31. The highest BCUT2D eigenvalue weighted by atomic mass is 32.2. The SMILES string of the molecule is Cc1ccc(CC(=O)NS(=O)(=O)c2cnc3ccccc3c2)cc1. The Morgan fingerprint density at radius 1 is 1.08 bits per heavy atom. The van der Waals surface area contributed by atoms with Crippen molar-refractivity contribution in [2.24, 2.45) is 0 Å². The Morgan fingerprint density at radius 3 is 2.54 bits per heavy atom. The standard InChI is InChI=1S/C18H16N2O3S/c1-13-6-8-14(9-7-13)10-18(21)20-24(22,23)16-11-15-4-2-3-5-17(15)19-12-16/h2-9,11-12H,10H2,1H3,(H,20,21). The van der Waals surface area contributed by atoms with Crippen LogP contribution in [0.5, 0.6) is 0 Å². The van der Waals surface area contributed by atoms with E-state index in [1.165, 1.54) is 12.3 Å². The number of amides is 1. The predicted molar refractivity (Wildman–Crippen MR) is 92.0 cm³/mol. The molecule has 0 saturated carbocycles. The molecule has 0 saturated heterocycles. The van der Waals surface area contributed by atoms with Gasteiger partial charge in [0, 0.05) is 11.6 Å². The molecule has 0 aliphatic heterocycles. The number of benzene rings is 2. The van der Waals surface area contributed by atoms with Gasteiger partial charge in [-0.1, -0.05) is 48.0 Å². The fourth-order valence-corrected chi connectivity index (χ4v) is 3.30. The van der Waals surface area contributed by atoms with E-state index in [0.717, 1.165) is 11.1 Å². The summed E-state index contributed by atoms with van der Waals surface area (Å²) in [6.07, 6.45) is 1.25. The maximum Gasteiger partial charge on any atom is 0.265 e. The largest absolute Gasteiger partial charge is 0.274 e. The molecule has 1 amide bonds. The van der Waals surface area contributed by atoms with Gasteiger partial charge < -0.3 is 0 Å². The molecular weight excluding hydrogens is 324 g/mol. The number of para-hydroxylation sites is 1. The molecule has 24 heavy (non-hydrogen) atoms. The van der Waals surface area contributed by atoms with Crippen molar-refractivity contribution >= 4 is 26.8 Å². The first kappa shape index (κ1) is 16.1. The van der Waals surface area contributed by atoms with E-state index in [1.54, 1.807) is 30.3 Å². The molecule has 5 nitrogen and oxygen atoms in total. The highest BCUT2D eigenvalue weighted by Crippen LogP contribution is 2.16. The van der Waals surface area contributed by atoms with Crippen LogP contribution in [0.1, 0.15) is 11.1 Å². The van der Waals surface area contributed by atoms with E-state index in [0.29, 0.717) is 10.9 Å². The van der Waals surface area contributed by atoms with Gasteiger partial charge in [-0.25, -0.2) is 13.1 Å². The van der Waals surface area contributed by atoms with Crippen LogP contribution in [0.3, 0.4) is 0 Å². The van der Waals surface area contributed by atoms with Gasteiger partial charge in [0.2, 0.25) is 5.91 Å². The third kappa shape index (κ3) is 3.60.